The molecule has 1 fully saturated rings. The highest BCUT2D eigenvalue weighted by atomic mass is 16.5. The molecule has 0 bridgehead atoms. The van der Waals surface area contributed by atoms with Crippen LogP contribution in [0.1, 0.15) is 37.0 Å². The van der Waals surface area contributed by atoms with Gasteiger partial charge in [0.25, 0.3) is 5.91 Å². The summed E-state index contributed by atoms with van der Waals surface area (Å²) in [6, 6.07) is 13.6. The van der Waals surface area contributed by atoms with Crippen LogP contribution < -0.4 is 15.4 Å². The molecular weight excluding hydrogens is 460 g/mol. The van der Waals surface area contributed by atoms with Crippen LogP contribution in [0.4, 0.5) is 16.2 Å². The van der Waals surface area contributed by atoms with Crippen molar-refractivity contribution in [3.8, 4) is 5.75 Å². The second kappa shape index (κ2) is 11.0. The van der Waals surface area contributed by atoms with Crippen molar-refractivity contribution in [2.75, 3.05) is 37.4 Å². The van der Waals surface area contributed by atoms with Gasteiger partial charge in [-0.3, -0.25) is 9.59 Å². The summed E-state index contributed by atoms with van der Waals surface area (Å²) in [5, 5.41) is 15.6. The Morgan fingerprint density at radius 3 is 2.53 bits per heavy atom. The van der Waals surface area contributed by atoms with Crippen LogP contribution in [0.15, 0.2) is 48.5 Å². The smallest absolute Gasteiger partial charge is 0.321 e. The zero-order valence-electron chi connectivity index (χ0n) is 20.9. The van der Waals surface area contributed by atoms with E-state index in [1.165, 1.54) is 0 Å². The molecule has 2 aromatic carbocycles. The zero-order chi connectivity index (χ0) is 25.8. The van der Waals surface area contributed by atoms with Crippen molar-refractivity contribution in [1.82, 2.24) is 9.80 Å². The van der Waals surface area contributed by atoms with Crippen LogP contribution in [0.25, 0.3) is 0 Å². The van der Waals surface area contributed by atoms with Gasteiger partial charge >= 0.3 is 6.03 Å². The molecule has 3 atom stereocenters. The van der Waals surface area contributed by atoms with E-state index in [4.69, 9.17) is 4.74 Å². The number of para-hydroxylation sites is 1. The highest BCUT2D eigenvalue weighted by Crippen LogP contribution is 2.33. The van der Waals surface area contributed by atoms with Gasteiger partial charge < -0.3 is 30.3 Å². The molecular formula is C27H34N4O5. The number of urea groups is 1. The van der Waals surface area contributed by atoms with E-state index < -0.39 is 12.1 Å². The van der Waals surface area contributed by atoms with E-state index in [0.717, 1.165) is 12.8 Å². The Morgan fingerprint density at radius 1 is 1.14 bits per heavy atom. The highest BCUT2D eigenvalue weighted by molar-refractivity contribution is 6.00. The van der Waals surface area contributed by atoms with Gasteiger partial charge in [-0.25, -0.2) is 4.79 Å². The monoisotopic (exact) mass is 494 g/mol. The average Bonchev–Trinajstić information content (AvgIpc) is 3.72. The van der Waals surface area contributed by atoms with Crippen molar-refractivity contribution < 1.29 is 24.2 Å². The van der Waals surface area contributed by atoms with Crippen molar-refractivity contribution in [2.45, 2.75) is 38.8 Å². The van der Waals surface area contributed by atoms with Crippen LogP contribution in [0.3, 0.4) is 0 Å². The molecule has 1 aliphatic heterocycles. The molecule has 0 saturated heterocycles. The predicted molar refractivity (Wildman–Crippen MR) is 137 cm³/mol. The molecule has 0 unspecified atom stereocenters. The number of carbonyl (C=O) groups is 3. The summed E-state index contributed by atoms with van der Waals surface area (Å²) < 4.78 is 6.33. The number of nitrogens with zero attached hydrogens (tertiary/aromatic N) is 2. The first-order chi connectivity index (χ1) is 17.3. The number of hydrogen-bond donors (Lipinski definition) is 3. The van der Waals surface area contributed by atoms with E-state index in [2.05, 4.69) is 10.6 Å². The fraction of sp³-hybridized carbons (Fsp3) is 0.444. The largest absolute Gasteiger partial charge is 0.487 e. The maximum absolute atomic E-state index is 13.5. The van der Waals surface area contributed by atoms with Crippen LogP contribution in [0, 0.1) is 11.8 Å². The topological polar surface area (TPSA) is 111 Å². The molecule has 9 nitrogen and oxygen atoms in total. The van der Waals surface area contributed by atoms with Crippen LogP contribution in [0.5, 0.6) is 5.75 Å². The maximum Gasteiger partial charge on any atom is 0.321 e. The summed E-state index contributed by atoms with van der Waals surface area (Å²) in [5.74, 6) is -0.0280. The highest BCUT2D eigenvalue weighted by Gasteiger charge is 2.35. The minimum atomic E-state index is -0.413. The Labute approximate surface area is 211 Å². The number of hydrogen-bond acceptors (Lipinski definition) is 5. The third-order valence-electron chi connectivity index (χ3n) is 6.71. The molecule has 2 aromatic rings. The standard InChI is InChI=1S/C27H34N4O5/c1-17-14-31(18(2)16-32)26(34)22-13-21(28-25(33)19-9-10-19)11-12-23(22)36-24(17)15-30(3)27(35)29-20-7-5-4-6-8-20/h4-8,11-13,17-19,24,32H,9-10,14-16H2,1-3H3,(H,28,33)(H,29,35)/t17-,18-,24-/m1/s1. The van der Waals surface area contributed by atoms with Crippen LogP contribution in [-0.4, -0.2) is 71.6 Å². The van der Waals surface area contributed by atoms with Gasteiger partial charge in [0.2, 0.25) is 5.91 Å². The third-order valence-corrected chi connectivity index (χ3v) is 6.71. The van der Waals surface area contributed by atoms with Crippen molar-refractivity contribution in [3.05, 3.63) is 54.1 Å². The molecule has 0 aromatic heterocycles. The SMILES string of the molecule is C[C@@H]1CN([C@H](C)CO)C(=O)c2cc(NC(=O)C3CC3)ccc2O[C@@H]1CN(C)C(=O)Nc1ccccc1. The summed E-state index contributed by atoms with van der Waals surface area (Å²) in [7, 11) is 1.70. The number of rotatable bonds is 7. The summed E-state index contributed by atoms with van der Waals surface area (Å²) in [6.07, 6.45) is 1.35. The minimum absolute atomic E-state index is 0.0349. The molecule has 4 amide bonds. The lowest BCUT2D eigenvalue weighted by Crippen LogP contribution is -2.50. The molecule has 9 heteroatoms. The van der Waals surface area contributed by atoms with Crippen LogP contribution in [0.2, 0.25) is 0 Å². The first-order valence-electron chi connectivity index (χ1n) is 12.4. The molecule has 4 rings (SSSR count). The quantitative estimate of drug-likeness (QED) is 0.546. The van der Waals surface area contributed by atoms with Crippen molar-refractivity contribution in [3.63, 3.8) is 0 Å². The summed E-state index contributed by atoms with van der Waals surface area (Å²) >= 11 is 0. The van der Waals surface area contributed by atoms with Gasteiger partial charge in [-0.1, -0.05) is 25.1 Å². The fourth-order valence-electron chi connectivity index (χ4n) is 4.20. The fourth-order valence-corrected chi connectivity index (χ4v) is 4.20. The number of aliphatic hydroxyl groups is 1. The Bertz CT molecular complexity index is 1100. The molecule has 1 aliphatic carbocycles. The van der Waals surface area contributed by atoms with Crippen molar-refractivity contribution in [1.29, 1.82) is 0 Å². The number of anilines is 2. The molecule has 0 radical (unpaired) electrons. The molecule has 36 heavy (non-hydrogen) atoms. The molecule has 2 aliphatic rings. The van der Waals surface area contributed by atoms with Gasteiger partial charge in [0, 0.05) is 36.8 Å². The molecule has 192 valence electrons. The lowest BCUT2D eigenvalue weighted by atomic mass is 9.99. The molecule has 3 N–H and O–H groups in total. The normalized spacial score (nSPS) is 20.3. The van der Waals surface area contributed by atoms with Gasteiger partial charge in [-0.2, -0.15) is 0 Å². The Kier molecular flexibility index (Phi) is 7.79. The van der Waals surface area contributed by atoms with E-state index in [0.29, 0.717) is 29.2 Å². The van der Waals surface area contributed by atoms with E-state index in [1.54, 1.807) is 42.0 Å². The summed E-state index contributed by atoms with van der Waals surface area (Å²) in [5.41, 5.74) is 1.54. The summed E-state index contributed by atoms with van der Waals surface area (Å²) in [4.78, 5) is 41.8. The number of aliphatic hydroxyl groups excluding tert-OH is 1. The van der Waals surface area contributed by atoms with Crippen molar-refractivity contribution in [2.24, 2.45) is 11.8 Å². The van der Waals surface area contributed by atoms with E-state index in [1.807, 2.05) is 37.3 Å². The van der Waals surface area contributed by atoms with Crippen LogP contribution in [-0.2, 0) is 4.79 Å². The predicted octanol–water partition coefficient (Wildman–Crippen LogP) is 3.42. The number of fused-ring (bicyclic) bond motifs is 1. The number of nitrogens with one attached hydrogen (secondary N) is 2. The van der Waals surface area contributed by atoms with Crippen molar-refractivity contribution >= 4 is 29.2 Å². The number of likely N-dealkylation sites (N-methyl/N-ethyl adjacent to an activating group) is 1. The number of amides is 4. The Hall–Kier alpha value is -3.59. The number of carbonyl (C=O) groups excluding carboxylic acids is 3. The van der Waals surface area contributed by atoms with Gasteiger partial charge in [0.05, 0.1) is 24.8 Å². The second-order valence-electron chi connectivity index (χ2n) is 9.77. The van der Waals surface area contributed by atoms with Gasteiger partial charge in [-0.05, 0) is 50.1 Å². The second-order valence-corrected chi connectivity index (χ2v) is 9.77. The third kappa shape index (κ3) is 5.96. The molecule has 1 saturated carbocycles. The molecule has 1 heterocycles. The molecule has 0 spiro atoms. The van der Waals surface area contributed by atoms with E-state index in [9.17, 15) is 19.5 Å². The first kappa shape index (κ1) is 25.5. The zero-order valence-corrected chi connectivity index (χ0v) is 20.9. The van der Waals surface area contributed by atoms with Gasteiger partial charge in [0.15, 0.2) is 0 Å². The lowest BCUT2D eigenvalue weighted by molar-refractivity contribution is -0.117. The van der Waals surface area contributed by atoms with Gasteiger partial charge in [0.1, 0.15) is 11.9 Å². The first-order valence-corrected chi connectivity index (χ1v) is 12.4. The minimum Gasteiger partial charge on any atom is -0.487 e. The lowest BCUT2D eigenvalue weighted by Gasteiger charge is -2.38. The number of benzene rings is 2. The number of ether oxygens (including phenoxy) is 1. The average molecular weight is 495 g/mol. The summed E-state index contributed by atoms with van der Waals surface area (Å²) in [6.45, 7) is 4.20. The van der Waals surface area contributed by atoms with Gasteiger partial charge in [-0.15, -0.1) is 0 Å². The Balaban J connectivity index is 1.57. The maximum atomic E-state index is 13.5. The van der Waals surface area contributed by atoms with Crippen LogP contribution >= 0.6 is 0 Å². The van der Waals surface area contributed by atoms with E-state index in [-0.39, 0.29) is 42.8 Å². The Morgan fingerprint density at radius 2 is 1.86 bits per heavy atom. The van der Waals surface area contributed by atoms with E-state index >= 15 is 0 Å².